The second-order valence-corrected chi connectivity index (χ2v) is 3.87. The van der Waals surface area contributed by atoms with Crippen molar-refractivity contribution >= 4 is 5.91 Å². The fourth-order valence-electron chi connectivity index (χ4n) is 1.45. The molecule has 0 aliphatic carbocycles. The second kappa shape index (κ2) is 8.31. The van der Waals surface area contributed by atoms with Gasteiger partial charge < -0.3 is 15.4 Å². The Kier molecular flexibility index (Phi) is 6.58. The third-order valence-corrected chi connectivity index (χ3v) is 2.46. The Labute approximate surface area is 108 Å². The standard InChI is InChI=1S/C14H20N2O2/c1-3-9-16-14(17)8-10-15-11-12-4-6-13(18-2)7-5-12/h3-7,15H,1,8-11H2,2H3,(H,16,17). The SMILES string of the molecule is C=CCNC(=O)CCNCc1ccc(OC)cc1. The van der Waals surface area contributed by atoms with Crippen molar-refractivity contribution in [2.24, 2.45) is 0 Å². The highest BCUT2D eigenvalue weighted by atomic mass is 16.5. The average Bonchev–Trinajstić information content (AvgIpc) is 2.42. The van der Waals surface area contributed by atoms with Gasteiger partial charge in [-0.05, 0) is 17.7 Å². The Morgan fingerprint density at radius 2 is 2.11 bits per heavy atom. The molecule has 0 saturated carbocycles. The van der Waals surface area contributed by atoms with E-state index in [1.807, 2.05) is 24.3 Å². The molecule has 1 amide bonds. The Hall–Kier alpha value is -1.81. The van der Waals surface area contributed by atoms with Crippen LogP contribution >= 0.6 is 0 Å². The molecule has 2 N–H and O–H groups in total. The molecule has 0 atom stereocenters. The van der Waals surface area contributed by atoms with Crippen molar-refractivity contribution in [2.75, 3.05) is 20.2 Å². The number of carbonyl (C=O) groups excluding carboxylic acids is 1. The third kappa shape index (κ3) is 5.50. The molecule has 18 heavy (non-hydrogen) atoms. The topological polar surface area (TPSA) is 50.4 Å². The Balaban J connectivity index is 2.17. The maximum atomic E-state index is 11.3. The zero-order valence-electron chi connectivity index (χ0n) is 10.7. The Bertz CT molecular complexity index is 374. The second-order valence-electron chi connectivity index (χ2n) is 3.87. The summed E-state index contributed by atoms with van der Waals surface area (Å²) in [6.45, 7) is 5.48. The number of methoxy groups -OCH3 is 1. The Morgan fingerprint density at radius 3 is 2.72 bits per heavy atom. The van der Waals surface area contributed by atoms with Gasteiger partial charge in [0.25, 0.3) is 0 Å². The number of ether oxygens (including phenoxy) is 1. The Morgan fingerprint density at radius 1 is 1.39 bits per heavy atom. The van der Waals surface area contributed by atoms with Gasteiger partial charge in [0.2, 0.25) is 5.91 Å². The normalized spacial score (nSPS) is 9.83. The van der Waals surface area contributed by atoms with Crippen LogP contribution in [0.2, 0.25) is 0 Å². The summed E-state index contributed by atoms with van der Waals surface area (Å²) in [5.74, 6) is 0.889. The number of benzene rings is 1. The molecule has 0 radical (unpaired) electrons. The summed E-state index contributed by atoms with van der Waals surface area (Å²) in [5.41, 5.74) is 1.17. The lowest BCUT2D eigenvalue weighted by Crippen LogP contribution is -2.27. The van der Waals surface area contributed by atoms with Crippen molar-refractivity contribution in [3.05, 3.63) is 42.5 Å². The van der Waals surface area contributed by atoms with Crippen LogP contribution in [0, 0.1) is 0 Å². The molecule has 4 nitrogen and oxygen atoms in total. The first-order valence-electron chi connectivity index (χ1n) is 5.97. The zero-order valence-corrected chi connectivity index (χ0v) is 10.7. The van der Waals surface area contributed by atoms with Gasteiger partial charge in [0.05, 0.1) is 7.11 Å². The highest BCUT2D eigenvalue weighted by molar-refractivity contribution is 5.76. The summed E-state index contributed by atoms with van der Waals surface area (Å²) < 4.78 is 5.08. The largest absolute Gasteiger partial charge is 0.497 e. The molecule has 1 rings (SSSR count). The van der Waals surface area contributed by atoms with Crippen molar-refractivity contribution < 1.29 is 9.53 Å². The highest BCUT2D eigenvalue weighted by Crippen LogP contribution is 2.10. The van der Waals surface area contributed by atoms with Gasteiger partial charge in [-0.15, -0.1) is 6.58 Å². The summed E-state index contributed by atoms with van der Waals surface area (Å²) in [6.07, 6.45) is 2.15. The molecule has 0 unspecified atom stereocenters. The van der Waals surface area contributed by atoms with E-state index in [2.05, 4.69) is 17.2 Å². The van der Waals surface area contributed by atoms with Gasteiger partial charge in [0, 0.05) is 26.1 Å². The minimum atomic E-state index is 0.0390. The molecule has 0 aromatic heterocycles. The van der Waals surface area contributed by atoms with Crippen LogP contribution < -0.4 is 15.4 Å². The van der Waals surface area contributed by atoms with Crippen LogP contribution in [0.4, 0.5) is 0 Å². The van der Waals surface area contributed by atoms with E-state index in [4.69, 9.17) is 4.74 Å². The van der Waals surface area contributed by atoms with E-state index in [0.717, 1.165) is 12.3 Å². The molecule has 0 fully saturated rings. The van der Waals surface area contributed by atoms with Crippen LogP contribution in [0.25, 0.3) is 0 Å². The quantitative estimate of drug-likeness (QED) is 0.541. The van der Waals surface area contributed by atoms with Crippen molar-refractivity contribution in [3.63, 3.8) is 0 Å². The fourth-order valence-corrected chi connectivity index (χ4v) is 1.45. The van der Waals surface area contributed by atoms with E-state index in [1.54, 1.807) is 13.2 Å². The molecular formula is C14H20N2O2. The maximum absolute atomic E-state index is 11.3. The van der Waals surface area contributed by atoms with E-state index >= 15 is 0 Å². The van der Waals surface area contributed by atoms with Gasteiger partial charge in [0.1, 0.15) is 5.75 Å². The molecule has 4 heteroatoms. The van der Waals surface area contributed by atoms with Gasteiger partial charge in [-0.25, -0.2) is 0 Å². The number of carbonyl (C=O) groups is 1. The summed E-state index contributed by atoms with van der Waals surface area (Å²) >= 11 is 0. The first-order chi connectivity index (χ1) is 8.76. The number of hydrogen-bond donors (Lipinski definition) is 2. The molecule has 0 saturated heterocycles. The van der Waals surface area contributed by atoms with Crippen LogP contribution in [-0.4, -0.2) is 26.1 Å². The first kappa shape index (κ1) is 14.3. The molecule has 1 aromatic rings. The summed E-state index contributed by atoms with van der Waals surface area (Å²) in [5, 5.41) is 5.95. The minimum Gasteiger partial charge on any atom is -0.497 e. The smallest absolute Gasteiger partial charge is 0.221 e. The molecule has 0 aliphatic heterocycles. The molecule has 0 aliphatic rings. The predicted octanol–water partition coefficient (Wildman–Crippen LogP) is 1.48. The van der Waals surface area contributed by atoms with Crippen molar-refractivity contribution in [3.8, 4) is 5.75 Å². The van der Waals surface area contributed by atoms with Crippen LogP contribution in [0.1, 0.15) is 12.0 Å². The molecule has 0 heterocycles. The van der Waals surface area contributed by atoms with Gasteiger partial charge in [-0.3, -0.25) is 4.79 Å². The van der Waals surface area contributed by atoms with Crippen molar-refractivity contribution in [1.29, 1.82) is 0 Å². The highest BCUT2D eigenvalue weighted by Gasteiger charge is 1.99. The zero-order chi connectivity index (χ0) is 13.2. The molecule has 0 spiro atoms. The summed E-state index contributed by atoms with van der Waals surface area (Å²) in [7, 11) is 1.65. The number of nitrogens with one attached hydrogen (secondary N) is 2. The number of hydrogen-bond acceptors (Lipinski definition) is 3. The van der Waals surface area contributed by atoms with Crippen molar-refractivity contribution in [2.45, 2.75) is 13.0 Å². The molecule has 1 aromatic carbocycles. The van der Waals surface area contributed by atoms with Crippen LogP contribution in [-0.2, 0) is 11.3 Å². The number of amides is 1. The summed E-state index contributed by atoms with van der Waals surface area (Å²) in [4.78, 5) is 11.3. The molecular weight excluding hydrogens is 228 g/mol. The van der Waals surface area contributed by atoms with E-state index in [9.17, 15) is 4.79 Å². The lowest BCUT2D eigenvalue weighted by Gasteiger charge is -2.06. The van der Waals surface area contributed by atoms with Gasteiger partial charge >= 0.3 is 0 Å². The van der Waals surface area contributed by atoms with Gasteiger partial charge in [0.15, 0.2) is 0 Å². The van der Waals surface area contributed by atoms with E-state index in [-0.39, 0.29) is 5.91 Å². The van der Waals surface area contributed by atoms with Crippen LogP contribution in [0.15, 0.2) is 36.9 Å². The minimum absolute atomic E-state index is 0.0390. The predicted molar refractivity (Wildman–Crippen MR) is 72.5 cm³/mol. The molecule has 0 bridgehead atoms. The van der Waals surface area contributed by atoms with Crippen LogP contribution in [0.3, 0.4) is 0 Å². The van der Waals surface area contributed by atoms with Crippen molar-refractivity contribution in [1.82, 2.24) is 10.6 Å². The van der Waals surface area contributed by atoms with Crippen LogP contribution in [0.5, 0.6) is 5.75 Å². The van der Waals surface area contributed by atoms with E-state index in [0.29, 0.717) is 19.5 Å². The fraction of sp³-hybridized carbons (Fsp3) is 0.357. The monoisotopic (exact) mass is 248 g/mol. The van der Waals surface area contributed by atoms with E-state index < -0.39 is 0 Å². The number of rotatable bonds is 8. The lowest BCUT2D eigenvalue weighted by atomic mass is 10.2. The van der Waals surface area contributed by atoms with E-state index in [1.165, 1.54) is 5.56 Å². The maximum Gasteiger partial charge on any atom is 0.221 e. The summed E-state index contributed by atoms with van der Waals surface area (Å²) in [6, 6.07) is 7.86. The first-order valence-corrected chi connectivity index (χ1v) is 5.97. The lowest BCUT2D eigenvalue weighted by molar-refractivity contribution is -0.120. The van der Waals surface area contributed by atoms with Gasteiger partial charge in [-0.2, -0.15) is 0 Å². The third-order valence-electron chi connectivity index (χ3n) is 2.46. The molecule has 98 valence electrons. The average molecular weight is 248 g/mol. The van der Waals surface area contributed by atoms with Gasteiger partial charge in [-0.1, -0.05) is 18.2 Å².